The van der Waals surface area contributed by atoms with Crippen LogP contribution in [0.15, 0.2) is 18.7 Å². The van der Waals surface area contributed by atoms with Crippen LogP contribution in [0.3, 0.4) is 0 Å². The van der Waals surface area contributed by atoms with Gasteiger partial charge in [0, 0.05) is 18.8 Å². The number of carbonyl (C=O) groups excluding carboxylic acids is 2. The van der Waals surface area contributed by atoms with E-state index in [0.717, 1.165) is 6.42 Å². The van der Waals surface area contributed by atoms with E-state index in [4.69, 9.17) is 4.74 Å². The lowest BCUT2D eigenvalue weighted by molar-refractivity contribution is -0.119. The highest BCUT2D eigenvalue weighted by atomic mass is 16.5. The van der Waals surface area contributed by atoms with E-state index in [0.29, 0.717) is 6.42 Å². The van der Waals surface area contributed by atoms with E-state index in [2.05, 4.69) is 10.3 Å². The summed E-state index contributed by atoms with van der Waals surface area (Å²) >= 11 is 0. The van der Waals surface area contributed by atoms with Gasteiger partial charge in [-0.3, -0.25) is 4.79 Å². The number of imidazole rings is 1. The molecule has 0 aliphatic carbocycles. The predicted molar refractivity (Wildman–Crippen MR) is 50.1 cm³/mol. The molecule has 1 fully saturated rings. The second kappa shape index (κ2) is 4.12. The number of carbonyl (C=O) groups is 2. The number of nitrogens with one attached hydrogen (secondary N) is 1. The van der Waals surface area contributed by atoms with Crippen molar-refractivity contribution in [3.05, 3.63) is 18.7 Å². The highest BCUT2D eigenvalue weighted by Gasteiger charge is 2.22. The van der Waals surface area contributed by atoms with Crippen LogP contribution in [0.4, 0.5) is 4.79 Å². The van der Waals surface area contributed by atoms with Crippen LogP contribution in [-0.4, -0.2) is 34.2 Å². The van der Waals surface area contributed by atoms with Crippen molar-refractivity contribution in [2.45, 2.75) is 18.9 Å². The number of nitrogens with zero attached hydrogens (tertiary/aromatic N) is 2. The smallest absolute Gasteiger partial charge is 0.419 e. The van der Waals surface area contributed by atoms with Crippen molar-refractivity contribution in [2.75, 3.05) is 6.61 Å². The molecule has 0 saturated carbocycles. The zero-order valence-corrected chi connectivity index (χ0v) is 8.05. The molecule has 2 rings (SSSR count). The fourth-order valence-electron chi connectivity index (χ4n) is 1.42. The summed E-state index contributed by atoms with van der Waals surface area (Å²) in [6.07, 6.45) is 5.13. The van der Waals surface area contributed by atoms with Crippen molar-refractivity contribution in [2.24, 2.45) is 0 Å². The Labute approximate surface area is 86.2 Å². The summed E-state index contributed by atoms with van der Waals surface area (Å²) in [5, 5.41) is 2.71. The summed E-state index contributed by atoms with van der Waals surface area (Å²) in [5.41, 5.74) is 0. The summed E-state index contributed by atoms with van der Waals surface area (Å²) < 4.78 is 6.23. The first-order valence-electron chi connectivity index (χ1n) is 4.70. The molecule has 1 atom stereocenters. The maximum Gasteiger partial charge on any atom is 0.419 e. The zero-order valence-electron chi connectivity index (χ0n) is 8.05. The topological polar surface area (TPSA) is 73.2 Å². The average Bonchev–Trinajstić information content (AvgIpc) is 2.84. The first kappa shape index (κ1) is 9.70. The third-order valence-corrected chi connectivity index (χ3v) is 2.21. The van der Waals surface area contributed by atoms with E-state index in [-0.39, 0.29) is 18.6 Å². The molecule has 1 aromatic heterocycles. The Morgan fingerprint density at radius 1 is 1.73 bits per heavy atom. The standard InChI is InChI=1S/C9H11N3O3/c13-8-2-1-7(11-8)5-15-9(14)12-4-3-10-6-12/h3-4,6-7H,1-2,5H2,(H,11,13)/t7-/m0/s1. The number of rotatable bonds is 2. The molecule has 0 bridgehead atoms. The van der Waals surface area contributed by atoms with Gasteiger partial charge in [-0.15, -0.1) is 0 Å². The third-order valence-electron chi connectivity index (χ3n) is 2.21. The predicted octanol–water partition coefficient (Wildman–Crippen LogP) is 0.146. The minimum absolute atomic E-state index is 0.0127. The van der Waals surface area contributed by atoms with E-state index < -0.39 is 6.09 Å². The Morgan fingerprint density at radius 2 is 2.60 bits per heavy atom. The van der Waals surface area contributed by atoms with Crippen molar-refractivity contribution in [3.8, 4) is 0 Å². The maximum absolute atomic E-state index is 11.3. The van der Waals surface area contributed by atoms with E-state index in [1.54, 1.807) is 0 Å². The van der Waals surface area contributed by atoms with Gasteiger partial charge in [-0.25, -0.2) is 14.3 Å². The van der Waals surface area contributed by atoms with Gasteiger partial charge in [-0.2, -0.15) is 0 Å². The van der Waals surface area contributed by atoms with E-state index >= 15 is 0 Å². The van der Waals surface area contributed by atoms with Crippen molar-refractivity contribution >= 4 is 12.0 Å². The van der Waals surface area contributed by atoms with Gasteiger partial charge in [0.25, 0.3) is 0 Å². The molecule has 1 amide bonds. The molecule has 0 aromatic carbocycles. The summed E-state index contributed by atoms with van der Waals surface area (Å²) in [6.45, 7) is 0.211. The molecular formula is C9H11N3O3. The zero-order chi connectivity index (χ0) is 10.7. The van der Waals surface area contributed by atoms with E-state index in [9.17, 15) is 9.59 Å². The second-order valence-corrected chi connectivity index (χ2v) is 3.35. The Hall–Kier alpha value is -1.85. The highest BCUT2D eigenvalue weighted by Crippen LogP contribution is 2.06. The molecule has 1 saturated heterocycles. The Bertz CT molecular complexity index is 361. The molecule has 1 aliphatic heterocycles. The van der Waals surface area contributed by atoms with Crippen LogP contribution in [0.1, 0.15) is 12.8 Å². The summed E-state index contributed by atoms with van der Waals surface area (Å²) in [7, 11) is 0. The normalized spacial score (nSPS) is 20.0. The van der Waals surface area contributed by atoms with Gasteiger partial charge in [-0.05, 0) is 6.42 Å². The van der Waals surface area contributed by atoms with E-state index in [1.807, 2.05) is 0 Å². The molecule has 6 heteroatoms. The quantitative estimate of drug-likeness (QED) is 0.752. The summed E-state index contributed by atoms with van der Waals surface area (Å²) in [6, 6.07) is -0.0510. The first-order valence-corrected chi connectivity index (χ1v) is 4.70. The first-order chi connectivity index (χ1) is 7.25. The van der Waals surface area contributed by atoms with Gasteiger partial charge in [0.1, 0.15) is 12.9 Å². The fraction of sp³-hybridized carbons (Fsp3) is 0.444. The van der Waals surface area contributed by atoms with Gasteiger partial charge >= 0.3 is 6.09 Å². The lowest BCUT2D eigenvalue weighted by Crippen LogP contribution is -2.31. The third kappa shape index (κ3) is 2.34. The second-order valence-electron chi connectivity index (χ2n) is 3.35. The van der Waals surface area contributed by atoms with Crippen LogP contribution >= 0.6 is 0 Å². The molecule has 6 nitrogen and oxygen atoms in total. The minimum atomic E-state index is -0.478. The van der Waals surface area contributed by atoms with Crippen LogP contribution in [0.2, 0.25) is 0 Å². The molecule has 2 heterocycles. The lowest BCUT2D eigenvalue weighted by Gasteiger charge is -2.10. The molecular weight excluding hydrogens is 198 g/mol. The van der Waals surface area contributed by atoms with Gasteiger partial charge in [-0.1, -0.05) is 0 Å². The van der Waals surface area contributed by atoms with Crippen molar-refractivity contribution < 1.29 is 14.3 Å². The molecule has 0 unspecified atom stereocenters. The van der Waals surface area contributed by atoms with Crippen molar-refractivity contribution in [3.63, 3.8) is 0 Å². The van der Waals surface area contributed by atoms with Crippen LogP contribution < -0.4 is 5.32 Å². The van der Waals surface area contributed by atoms with Crippen LogP contribution in [0, 0.1) is 0 Å². The molecule has 1 aromatic rings. The Kier molecular flexibility index (Phi) is 2.66. The number of amides is 1. The minimum Gasteiger partial charge on any atom is -0.447 e. The Balaban J connectivity index is 1.79. The molecule has 80 valence electrons. The molecule has 15 heavy (non-hydrogen) atoms. The van der Waals surface area contributed by atoms with Gasteiger partial charge < -0.3 is 10.1 Å². The fourth-order valence-corrected chi connectivity index (χ4v) is 1.42. The van der Waals surface area contributed by atoms with Gasteiger partial charge in [0.15, 0.2) is 0 Å². The molecule has 0 spiro atoms. The molecule has 0 radical (unpaired) electrons. The summed E-state index contributed by atoms with van der Waals surface area (Å²) in [5.74, 6) is 0.0127. The van der Waals surface area contributed by atoms with Gasteiger partial charge in [0.2, 0.25) is 5.91 Å². The molecule has 1 N–H and O–H groups in total. The maximum atomic E-state index is 11.3. The summed E-state index contributed by atoms with van der Waals surface area (Å²) in [4.78, 5) is 25.9. The molecule has 1 aliphatic rings. The van der Waals surface area contributed by atoms with Crippen LogP contribution in [0.25, 0.3) is 0 Å². The highest BCUT2D eigenvalue weighted by molar-refractivity contribution is 5.78. The lowest BCUT2D eigenvalue weighted by atomic mass is 10.2. The largest absolute Gasteiger partial charge is 0.447 e. The monoisotopic (exact) mass is 209 g/mol. The average molecular weight is 209 g/mol. The van der Waals surface area contributed by atoms with Crippen LogP contribution in [0.5, 0.6) is 0 Å². The SMILES string of the molecule is O=C1CC[C@@H](COC(=O)n2ccnc2)N1. The van der Waals surface area contributed by atoms with Crippen LogP contribution in [-0.2, 0) is 9.53 Å². The Morgan fingerprint density at radius 3 is 3.20 bits per heavy atom. The van der Waals surface area contributed by atoms with Gasteiger partial charge in [0.05, 0.1) is 6.04 Å². The van der Waals surface area contributed by atoms with E-state index in [1.165, 1.54) is 23.3 Å². The van der Waals surface area contributed by atoms with Crippen molar-refractivity contribution in [1.29, 1.82) is 0 Å². The number of hydrogen-bond donors (Lipinski definition) is 1. The number of hydrogen-bond acceptors (Lipinski definition) is 4. The van der Waals surface area contributed by atoms with Crippen molar-refractivity contribution in [1.82, 2.24) is 14.9 Å². The number of aromatic nitrogens is 2. The number of ether oxygens (including phenoxy) is 1.